The van der Waals surface area contributed by atoms with Crippen molar-refractivity contribution in [2.24, 2.45) is 16.7 Å². The van der Waals surface area contributed by atoms with Crippen LogP contribution in [0.5, 0.6) is 0 Å². The zero-order chi connectivity index (χ0) is 20.4. The topological polar surface area (TPSA) is 72.9 Å². The van der Waals surface area contributed by atoms with E-state index in [0.29, 0.717) is 25.2 Å². The minimum Gasteiger partial charge on any atom is -0.430 e. The highest BCUT2D eigenvalue weighted by molar-refractivity contribution is 7.89. The molecule has 2 bridgehead atoms. The molecule has 7 heteroatoms. The van der Waals surface area contributed by atoms with E-state index in [-0.39, 0.29) is 29.2 Å². The Morgan fingerprint density at radius 3 is 2.22 bits per heavy atom. The molecule has 3 aliphatic rings. The molecule has 156 valence electrons. The zero-order valence-electron chi connectivity index (χ0n) is 17.7. The molecule has 0 aromatic heterocycles. The van der Waals surface area contributed by atoms with Crippen molar-refractivity contribution >= 4 is 16.0 Å². The molecule has 0 aromatic carbocycles. The molecule has 1 aliphatic heterocycles. The predicted octanol–water partition coefficient (Wildman–Crippen LogP) is 3.31. The normalized spacial score (nSPS) is 37.9. The summed E-state index contributed by atoms with van der Waals surface area (Å²) in [6.07, 6.45) is 2.20. The number of sulfonamides is 1. The van der Waals surface area contributed by atoms with Crippen molar-refractivity contribution in [1.29, 1.82) is 0 Å². The summed E-state index contributed by atoms with van der Waals surface area (Å²) in [6.45, 7) is 13.8. The van der Waals surface area contributed by atoms with Crippen LogP contribution in [0.25, 0.3) is 0 Å². The highest BCUT2D eigenvalue weighted by Crippen LogP contribution is 2.72. The van der Waals surface area contributed by atoms with Crippen molar-refractivity contribution in [3.63, 3.8) is 0 Å². The van der Waals surface area contributed by atoms with Crippen LogP contribution < -0.4 is 0 Å². The molecular weight excluding hydrogens is 366 g/mol. The van der Waals surface area contributed by atoms with Gasteiger partial charge in [0.25, 0.3) is 0 Å². The Bertz CT molecular complexity index is 708. The SMILES string of the molecule is CC[C@@H]1OC2(CC3CCC2(CS(=O)(=O)N(C(C)C)C(C)C)C3(C)C)OC1=O. The summed E-state index contributed by atoms with van der Waals surface area (Å²) in [5.74, 6) is -1.20. The fourth-order valence-corrected chi connectivity index (χ4v) is 8.92. The van der Waals surface area contributed by atoms with E-state index in [1.807, 2.05) is 34.6 Å². The molecule has 1 spiro atoms. The molecule has 27 heavy (non-hydrogen) atoms. The average molecular weight is 402 g/mol. The molecule has 1 saturated heterocycles. The van der Waals surface area contributed by atoms with Crippen LogP contribution >= 0.6 is 0 Å². The third kappa shape index (κ3) is 2.79. The molecule has 3 unspecified atom stereocenters. The van der Waals surface area contributed by atoms with Crippen molar-refractivity contribution < 1.29 is 22.7 Å². The number of ether oxygens (including phenoxy) is 2. The molecule has 0 aromatic rings. The van der Waals surface area contributed by atoms with Crippen LogP contribution in [0.4, 0.5) is 0 Å². The van der Waals surface area contributed by atoms with E-state index in [4.69, 9.17) is 9.47 Å². The van der Waals surface area contributed by atoms with Crippen LogP contribution in [0.2, 0.25) is 0 Å². The Morgan fingerprint density at radius 1 is 1.19 bits per heavy atom. The van der Waals surface area contributed by atoms with Crippen LogP contribution in [0.3, 0.4) is 0 Å². The van der Waals surface area contributed by atoms with Crippen molar-refractivity contribution in [3.05, 3.63) is 0 Å². The van der Waals surface area contributed by atoms with Gasteiger partial charge >= 0.3 is 5.97 Å². The fraction of sp³-hybridized carbons (Fsp3) is 0.950. The lowest BCUT2D eigenvalue weighted by atomic mass is 9.68. The second kappa shape index (κ2) is 6.42. The molecule has 0 amide bonds. The van der Waals surface area contributed by atoms with Crippen LogP contribution in [0.15, 0.2) is 0 Å². The van der Waals surface area contributed by atoms with Gasteiger partial charge in [0.15, 0.2) is 6.10 Å². The van der Waals surface area contributed by atoms with Gasteiger partial charge in [-0.25, -0.2) is 13.2 Å². The Labute approximate surface area is 164 Å². The molecule has 1 heterocycles. The lowest BCUT2D eigenvalue weighted by Gasteiger charge is -2.47. The Kier molecular flexibility index (Phi) is 5.01. The molecule has 0 N–H and O–H groups in total. The van der Waals surface area contributed by atoms with Crippen molar-refractivity contribution in [3.8, 4) is 0 Å². The van der Waals surface area contributed by atoms with Gasteiger partial charge in [-0.1, -0.05) is 20.8 Å². The second-order valence-electron chi connectivity index (χ2n) is 9.71. The highest BCUT2D eigenvalue weighted by Gasteiger charge is 2.77. The second-order valence-corrected chi connectivity index (χ2v) is 11.6. The summed E-state index contributed by atoms with van der Waals surface area (Å²) in [7, 11) is -3.56. The summed E-state index contributed by atoms with van der Waals surface area (Å²) in [5.41, 5.74) is -0.992. The average Bonchev–Trinajstić information content (AvgIpc) is 3.01. The number of hydrogen-bond acceptors (Lipinski definition) is 5. The lowest BCUT2D eigenvalue weighted by molar-refractivity contribution is -0.241. The first-order valence-electron chi connectivity index (χ1n) is 10.3. The smallest absolute Gasteiger partial charge is 0.337 e. The van der Waals surface area contributed by atoms with Gasteiger partial charge < -0.3 is 9.47 Å². The minimum absolute atomic E-state index is 0.0381. The van der Waals surface area contributed by atoms with E-state index in [0.717, 1.165) is 6.42 Å². The predicted molar refractivity (Wildman–Crippen MR) is 103 cm³/mol. The number of esters is 1. The number of nitrogens with zero attached hydrogens (tertiary/aromatic N) is 1. The Hall–Kier alpha value is -0.660. The van der Waals surface area contributed by atoms with Crippen LogP contribution in [0.1, 0.15) is 74.1 Å². The van der Waals surface area contributed by atoms with Gasteiger partial charge in [0, 0.05) is 18.5 Å². The summed E-state index contributed by atoms with van der Waals surface area (Å²) in [4.78, 5) is 12.4. The first-order valence-corrected chi connectivity index (χ1v) is 11.9. The minimum atomic E-state index is -3.56. The van der Waals surface area contributed by atoms with Crippen molar-refractivity contribution in [2.45, 2.75) is 98.1 Å². The van der Waals surface area contributed by atoms with Crippen LogP contribution in [-0.4, -0.2) is 48.4 Å². The van der Waals surface area contributed by atoms with E-state index >= 15 is 0 Å². The maximum Gasteiger partial charge on any atom is 0.337 e. The number of hydrogen-bond donors (Lipinski definition) is 0. The first kappa shape index (κ1) is 21.1. The standard InChI is InChI=1S/C20H35NO5S/c1-8-16-17(22)26-20(25-16)11-15-9-10-19(20,18(15,6)7)12-27(23,24)21(13(2)3)14(4)5/h13-16H,8-12H2,1-7H3/t15?,16-,19?,20?/m0/s1. The molecule has 3 fully saturated rings. The van der Waals surface area contributed by atoms with E-state index in [1.165, 1.54) is 0 Å². The molecule has 0 radical (unpaired) electrons. The number of carbonyl (C=O) groups excluding carboxylic acids is 1. The monoisotopic (exact) mass is 401 g/mol. The Balaban J connectivity index is 2.06. The summed E-state index contributed by atoms with van der Waals surface area (Å²) in [6, 6.07) is -0.251. The third-order valence-electron chi connectivity index (χ3n) is 7.42. The van der Waals surface area contributed by atoms with E-state index in [1.54, 1.807) is 4.31 Å². The molecule has 6 nitrogen and oxygen atoms in total. The summed E-state index contributed by atoms with van der Waals surface area (Å²) < 4.78 is 40.8. The molecule has 2 saturated carbocycles. The summed E-state index contributed by atoms with van der Waals surface area (Å²) >= 11 is 0. The summed E-state index contributed by atoms with van der Waals surface area (Å²) in [5, 5.41) is 0. The van der Waals surface area contributed by atoms with Gasteiger partial charge in [-0.05, 0) is 58.3 Å². The fourth-order valence-electron chi connectivity index (χ4n) is 6.13. The highest BCUT2D eigenvalue weighted by atomic mass is 32.2. The Morgan fingerprint density at radius 2 is 1.78 bits per heavy atom. The first-order chi connectivity index (χ1) is 12.3. The van der Waals surface area contributed by atoms with E-state index in [2.05, 4.69) is 13.8 Å². The zero-order valence-corrected chi connectivity index (χ0v) is 18.6. The van der Waals surface area contributed by atoms with Crippen molar-refractivity contribution in [2.75, 3.05) is 5.75 Å². The van der Waals surface area contributed by atoms with Gasteiger partial charge in [-0.3, -0.25) is 0 Å². The number of rotatable bonds is 6. The van der Waals surface area contributed by atoms with Gasteiger partial charge in [0.05, 0.1) is 11.2 Å². The van der Waals surface area contributed by atoms with Crippen LogP contribution in [0, 0.1) is 16.7 Å². The third-order valence-corrected chi connectivity index (χ3v) is 9.76. The maximum absolute atomic E-state index is 13.5. The molecule has 3 rings (SSSR count). The number of carbonyl (C=O) groups is 1. The molecule has 4 atom stereocenters. The quantitative estimate of drug-likeness (QED) is 0.639. The van der Waals surface area contributed by atoms with E-state index in [9.17, 15) is 13.2 Å². The maximum atomic E-state index is 13.5. The lowest BCUT2D eigenvalue weighted by Crippen LogP contribution is -2.57. The van der Waals surface area contributed by atoms with Gasteiger partial charge in [0.2, 0.25) is 15.8 Å². The number of fused-ring (bicyclic) bond motifs is 3. The van der Waals surface area contributed by atoms with Crippen LogP contribution in [-0.2, 0) is 24.3 Å². The van der Waals surface area contributed by atoms with Gasteiger partial charge in [-0.15, -0.1) is 0 Å². The molecular formula is C20H35NO5S. The van der Waals surface area contributed by atoms with Gasteiger partial charge in [0.1, 0.15) is 0 Å². The molecule has 2 aliphatic carbocycles. The van der Waals surface area contributed by atoms with E-state index < -0.39 is 27.3 Å². The largest absolute Gasteiger partial charge is 0.430 e. The van der Waals surface area contributed by atoms with Gasteiger partial charge in [-0.2, -0.15) is 4.31 Å². The van der Waals surface area contributed by atoms with Crippen molar-refractivity contribution in [1.82, 2.24) is 4.31 Å².